The molecule has 2 rings (SSSR count). The van der Waals surface area contributed by atoms with E-state index in [-0.39, 0.29) is 17.2 Å². The van der Waals surface area contributed by atoms with E-state index in [1.807, 2.05) is 31.2 Å². The second-order valence-electron chi connectivity index (χ2n) is 4.22. The maximum atomic E-state index is 11.7. The zero-order chi connectivity index (χ0) is 14.4. The average Bonchev–Trinajstić information content (AvgIpc) is 2.46. The van der Waals surface area contributed by atoms with Gasteiger partial charge in [0.1, 0.15) is 18.1 Å². The summed E-state index contributed by atoms with van der Waals surface area (Å²) in [5, 5.41) is 8.49. The fourth-order valence-corrected chi connectivity index (χ4v) is 1.53. The second-order valence-corrected chi connectivity index (χ2v) is 4.22. The molecule has 6 heteroatoms. The number of aromatic amines is 1. The van der Waals surface area contributed by atoms with E-state index in [9.17, 15) is 9.59 Å². The zero-order valence-electron chi connectivity index (χ0n) is 11.1. The maximum Gasteiger partial charge on any atom is 0.271 e. The van der Waals surface area contributed by atoms with E-state index in [4.69, 9.17) is 4.74 Å². The molecule has 0 saturated carbocycles. The third-order valence-electron chi connectivity index (χ3n) is 2.59. The van der Waals surface area contributed by atoms with Crippen LogP contribution in [0.4, 0.5) is 0 Å². The van der Waals surface area contributed by atoms with Gasteiger partial charge in [-0.15, -0.1) is 0 Å². The van der Waals surface area contributed by atoms with E-state index in [0.29, 0.717) is 13.2 Å². The number of ether oxygens (including phenoxy) is 1. The lowest BCUT2D eigenvalue weighted by Gasteiger charge is -2.07. The lowest BCUT2D eigenvalue weighted by molar-refractivity contribution is 0.0941. The third-order valence-corrected chi connectivity index (χ3v) is 2.59. The minimum absolute atomic E-state index is 0.167. The molecule has 0 saturated heterocycles. The first-order valence-electron chi connectivity index (χ1n) is 6.18. The summed E-state index contributed by atoms with van der Waals surface area (Å²) in [6.07, 6.45) is 0. The molecule has 2 N–H and O–H groups in total. The number of aryl methyl sites for hydroxylation is 1. The molecule has 104 valence electrons. The molecular weight excluding hydrogens is 258 g/mol. The molecule has 6 nitrogen and oxygen atoms in total. The monoisotopic (exact) mass is 273 g/mol. The number of hydrogen-bond donors (Lipinski definition) is 2. The Kier molecular flexibility index (Phi) is 4.49. The number of rotatable bonds is 5. The quantitative estimate of drug-likeness (QED) is 0.792. The molecule has 2 aromatic rings. The summed E-state index contributed by atoms with van der Waals surface area (Å²) in [5.41, 5.74) is 0.985. The molecule has 1 amide bonds. The number of nitrogens with zero attached hydrogens (tertiary/aromatic N) is 1. The highest BCUT2D eigenvalue weighted by molar-refractivity contribution is 5.91. The normalized spacial score (nSPS) is 10.1. The van der Waals surface area contributed by atoms with Crippen molar-refractivity contribution in [1.82, 2.24) is 15.5 Å². The maximum absolute atomic E-state index is 11.7. The van der Waals surface area contributed by atoms with Gasteiger partial charge in [0.25, 0.3) is 11.5 Å². The number of aromatic nitrogens is 2. The van der Waals surface area contributed by atoms with Crippen molar-refractivity contribution in [2.24, 2.45) is 0 Å². The molecule has 1 heterocycles. The molecule has 0 spiro atoms. The summed E-state index contributed by atoms with van der Waals surface area (Å²) < 4.78 is 5.47. The van der Waals surface area contributed by atoms with Gasteiger partial charge in [-0.3, -0.25) is 9.59 Å². The summed E-state index contributed by atoms with van der Waals surface area (Å²) in [7, 11) is 0. The molecule has 0 aliphatic rings. The molecule has 0 bridgehead atoms. The lowest BCUT2D eigenvalue weighted by atomic mass is 10.2. The zero-order valence-corrected chi connectivity index (χ0v) is 11.1. The number of carbonyl (C=O) groups excluding carboxylic acids is 1. The standard InChI is InChI=1S/C14H15N3O3/c1-10-2-4-11(5-3-10)20-9-8-15-14(19)12-6-7-13(18)17-16-12/h2-7H,8-9H2,1H3,(H,15,19)(H,17,18). The van der Waals surface area contributed by atoms with Crippen LogP contribution < -0.4 is 15.6 Å². The number of hydrogen-bond acceptors (Lipinski definition) is 4. The largest absolute Gasteiger partial charge is 0.492 e. The summed E-state index contributed by atoms with van der Waals surface area (Å²) in [5.74, 6) is 0.403. The smallest absolute Gasteiger partial charge is 0.271 e. The van der Waals surface area contributed by atoms with E-state index >= 15 is 0 Å². The van der Waals surface area contributed by atoms with Gasteiger partial charge in [0.05, 0.1) is 6.54 Å². The van der Waals surface area contributed by atoms with Crippen molar-refractivity contribution in [3.8, 4) is 5.75 Å². The molecule has 0 aliphatic carbocycles. The van der Waals surface area contributed by atoms with Gasteiger partial charge in [0.15, 0.2) is 0 Å². The molecule has 0 fully saturated rings. The van der Waals surface area contributed by atoms with Gasteiger partial charge in [-0.1, -0.05) is 17.7 Å². The average molecular weight is 273 g/mol. The summed E-state index contributed by atoms with van der Waals surface area (Å²) >= 11 is 0. The van der Waals surface area contributed by atoms with Crippen LogP contribution in [0, 0.1) is 6.92 Å². The second kappa shape index (κ2) is 6.51. The molecule has 20 heavy (non-hydrogen) atoms. The topological polar surface area (TPSA) is 84.1 Å². The SMILES string of the molecule is Cc1ccc(OCCNC(=O)c2ccc(=O)[nH]n2)cc1. The van der Waals surface area contributed by atoms with Crippen molar-refractivity contribution >= 4 is 5.91 Å². The Morgan fingerprint density at radius 2 is 2.00 bits per heavy atom. The summed E-state index contributed by atoms with van der Waals surface area (Å²) in [6.45, 7) is 2.72. The highest BCUT2D eigenvalue weighted by atomic mass is 16.5. The van der Waals surface area contributed by atoms with E-state index in [0.717, 1.165) is 11.3 Å². The first kappa shape index (κ1) is 13.8. The van der Waals surface area contributed by atoms with Gasteiger partial charge in [0, 0.05) is 6.07 Å². The number of amides is 1. The minimum Gasteiger partial charge on any atom is -0.492 e. The highest BCUT2D eigenvalue weighted by Crippen LogP contribution is 2.10. The number of nitrogens with one attached hydrogen (secondary N) is 2. The van der Waals surface area contributed by atoms with E-state index in [1.165, 1.54) is 12.1 Å². The van der Waals surface area contributed by atoms with Gasteiger partial charge < -0.3 is 10.1 Å². The molecule has 0 aliphatic heterocycles. The Bertz CT molecular complexity index is 614. The van der Waals surface area contributed by atoms with Crippen molar-refractivity contribution < 1.29 is 9.53 Å². The molecular formula is C14H15N3O3. The Hall–Kier alpha value is -2.63. The number of H-pyrrole nitrogens is 1. The third kappa shape index (κ3) is 3.94. The fourth-order valence-electron chi connectivity index (χ4n) is 1.53. The van der Waals surface area contributed by atoms with Crippen molar-refractivity contribution in [2.45, 2.75) is 6.92 Å². The van der Waals surface area contributed by atoms with Crippen LogP contribution in [0.2, 0.25) is 0 Å². The molecule has 0 unspecified atom stereocenters. The van der Waals surface area contributed by atoms with Crippen molar-refractivity contribution in [3.05, 3.63) is 58.0 Å². The van der Waals surface area contributed by atoms with Crippen molar-refractivity contribution in [3.63, 3.8) is 0 Å². The van der Waals surface area contributed by atoms with Crippen LogP contribution in [-0.2, 0) is 0 Å². The van der Waals surface area contributed by atoms with E-state index in [1.54, 1.807) is 0 Å². The number of benzene rings is 1. The molecule has 0 radical (unpaired) electrons. The Morgan fingerprint density at radius 3 is 2.65 bits per heavy atom. The number of carbonyl (C=O) groups is 1. The van der Waals surface area contributed by atoms with Gasteiger partial charge in [-0.25, -0.2) is 5.10 Å². The van der Waals surface area contributed by atoms with Crippen LogP contribution >= 0.6 is 0 Å². The Labute approximate surface area is 115 Å². The van der Waals surface area contributed by atoms with E-state index in [2.05, 4.69) is 15.5 Å². The van der Waals surface area contributed by atoms with Crippen molar-refractivity contribution in [2.75, 3.05) is 13.2 Å². The van der Waals surface area contributed by atoms with Gasteiger partial charge in [-0.05, 0) is 25.1 Å². The Balaban J connectivity index is 1.75. The minimum atomic E-state index is -0.353. The first-order chi connectivity index (χ1) is 9.65. The summed E-state index contributed by atoms with van der Waals surface area (Å²) in [4.78, 5) is 22.5. The lowest BCUT2D eigenvalue weighted by Crippen LogP contribution is -2.29. The first-order valence-corrected chi connectivity index (χ1v) is 6.18. The van der Waals surface area contributed by atoms with Crippen LogP contribution in [-0.4, -0.2) is 29.3 Å². The van der Waals surface area contributed by atoms with Gasteiger partial charge in [0.2, 0.25) is 0 Å². The Morgan fingerprint density at radius 1 is 1.25 bits per heavy atom. The summed E-state index contributed by atoms with van der Waals surface area (Å²) in [6, 6.07) is 10.3. The van der Waals surface area contributed by atoms with E-state index < -0.39 is 0 Å². The van der Waals surface area contributed by atoms with Crippen LogP contribution in [0.3, 0.4) is 0 Å². The van der Waals surface area contributed by atoms with Crippen molar-refractivity contribution in [1.29, 1.82) is 0 Å². The van der Waals surface area contributed by atoms with Crippen LogP contribution in [0.15, 0.2) is 41.2 Å². The molecule has 0 atom stereocenters. The van der Waals surface area contributed by atoms with Gasteiger partial charge >= 0.3 is 0 Å². The van der Waals surface area contributed by atoms with Gasteiger partial charge in [-0.2, -0.15) is 5.10 Å². The molecule has 1 aromatic carbocycles. The molecule has 1 aromatic heterocycles. The fraction of sp³-hybridized carbons (Fsp3) is 0.214. The van der Waals surface area contributed by atoms with Crippen LogP contribution in [0.25, 0.3) is 0 Å². The predicted molar refractivity (Wildman–Crippen MR) is 73.9 cm³/mol. The highest BCUT2D eigenvalue weighted by Gasteiger charge is 2.06. The predicted octanol–water partition coefficient (Wildman–Crippen LogP) is 0.887. The van der Waals surface area contributed by atoms with Crippen LogP contribution in [0.1, 0.15) is 16.1 Å². The van der Waals surface area contributed by atoms with Crippen LogP contribution in [0.5, 0.6) is 5.75 Å².